The van der Waals surface area contributed by atoms with Gasteiger partial charge in [-0.25, -0.2) is 4.98 Å². The number of aromatic nitrogens is 3. The highest BCUT2D eigenvalue weighted by Crippen LogP contribution is 2.25. The summed E-state index contributed by atoms with van der Waals surface area (Å²) in [6.45, 7) is 3.58. The summed E-state index contributed by atoms with van der Waals surface area (Å²) in [6, 6.07) is 7.15. The number of piperidine rings is 1. The number of aryl methyl sites for hydroxylation is 1. The Labute approximate surface area is 191 Å². The van der Waals surface area contributed by atoms with Crippen molar-refractivity contribution in [1.29, 1.82) is 0 Å². The fourth-order valence-corrected chi connectivity index (χ4v) is 4.49. The lowest BCUT2D eigenvalue weighted by atomic mass is 9.91. The number of hydrogen-bond acceptors (Lipinski definition) is 5. The van der Waals surface area contributed by atoms with Crippen LogP contribution in [-0.2, 0) is 13.0 Å². The van der Waals surface area contributed by atoms with Gasteiger partial charge in [0, 0.05) is 31.4 Å². The highest BCUT2D eigenvalue weighted by Gasteiger charge is 2.19. The van der Waals surface area contributed by atoms with Gasteiger partial charge >= 0.3 is 0 Å². The van der Waals surface area contributed by atoms with E-state index in [0.717, 1.165) is 61.9 Å². The first-order valence-corrected chi connectivity index (χ1v) is 11.3. The maximum absolute atomic E-state index is 12.5. The van der Waals surface area contributed by atoms with Crippen LogP contribution in [0.5, 0.6) is 5.75 Å². The van der Waals surface area contributed by atoms with Crippen LogP contribution in [0.2, 0.25) is 10.2 Å². The standard InChI is InChI=1S/C23H26Cl2N4O2/c1-31-18-13-21-20(26-15-18)4-5-22(30)29(21)11-10-28-8-6-16(7-9-28)2-3-17-12-19(24)23(25)27-14-17/h4-5,12-16H,2-3,6-11H2,1H3. The summed E-state index contributed by atoms with van der Waals surface area (Å²) < 4.78 is 7.08. The van der Waals surface area contributed by atoms with Crippen molar-refractivity contribution in [3.63, 3.8) is 0 Å². The van der Waals surface area contributed by atoms with E-state index in [1.807, 2.05) is 18.3 Å². The van der Waals surface area contributed by atoms with E-state index >= 15 is 0 Å². The Balaban J connectivity index is 1.31. The minimum absolute atomic E-state index is 0.00678. The second kappa shape index (κ2) is 9.98. The SMILES string of the molecule is COc1cnc2ccc(=O)n(CCN3CCC(CCc4cnc(Cl)c(Cl)c4)CC3)c2c1. The molecule has 1 aliphatic rings. The van der Waals surface area contributed by atoms with Crippen LogP contribution < -0.4 is 10.3 Å². The summed E-state index contributed by atoms with van der Waals surface area (Å²) in [5.41, 5.74) is 2.75. The smallest absolute Gasteiger partial charge is 0.251 e. The van der Waals surface area contributed by atoms with Crippen LogP contribution >= 0.6 is 23.2 Å². The average molecular weight is 461 g/mol. The van der Waals surface area contributed by atoms with Crippen LogP contribution in [0.25, 0.3) is 11.0 Å². The van der Waals surface area contributed by atoms with Crippen molar-refractivity contribution in [2.24, 2.45) is 5.92 Å². The summed E-state index contributed by atoms with van der Waals surface area (Å²) in [4.78, 5) is 23.4. The number of hydrogen-bond donors (Lipinski definition) is 0. The van der Waals surface area contributed by atoms with Crippen molar-refractivity contribution in [2.45, 2.75) is 32.2 Å². The lowest BCUT2D eigenvalue weighted by Gasteiger charge is -2.32. The molecule has 1 aliphatic heterocycles. The number of fused-ring (bicyclic) bond motifs is 1. The first-order chi connectivity index (χ1) is 15.0. The maximum Gasteiger partial charge on any atom is 0.251 e. The first kappa shape index (κ1) is 22.1. The van der Waals surface area contributed by atoms with Gasteiger partial charge in [0.1, 0.15) is 10.9 Å². The molecule has 1 saturated heterocycles. The Hall–Kier alpha value is -2.15. The molecule has 1 fully saturated rings. The van der Waals surface area contributed by atoms with Crippen molar-refractivity contribution in [2.75, 3.05) is 26.7 Å². The van der Waals surface area contributed by atoms with Gasteiger partial charge in [-0.2, -0.15) is 0 Å². The quantitative estimate of drug-likeness (QED) is 0.487. The van der Waals surface area contributed by atoms with Crippen molar-refractivity contribution in [3.8, 4) is 5.75 Å². The molecule has 6 nitrogen and oxygen atoms in total. The molecule has 0 bridgehead atoms. The molecular formula is C23H26Cl2N4O2. The predicted molar refractivity (Wildman–Crippen MR) is 124 cm³/mol. The predicted octanol–water partition coefficient (Wildman–Crippen LogP) is 4.45. The van der Waals surface area contributed by atoms with E-state index < -0.39 is 0 Å². The lowest BCUT2D eigenvalue weighted by molar-refractivity contribution is 0.174. The summed E-state index contributed by atoms with van der Waals surface area (Å²) in [5, 5.41) is 0.878. The van der Waals surface area contributed by atoms with E-state index in [4.69, 9.17) is 27.9 Å². The van der Waals surface area contributed by atoms with Gasteiger partial charge in [-0.1, -0.05) is 23.2 Å². The van der Waals surface area contributed by atoms with E-state index in [2.05, 4.69) is 14.9 Å². The largest absolute Gasteiger partial charge is 0.495 e. The molecule has 31 heavy (non-hydrogen) atoms. The molecular weight excluding hydrogens is 435 g/mol. The van der Waals surface area contributed by atoms with Crippen molar-refractivity contribution >= 4 is 34.2 Å². The van der Waals surface area contributed by atoms with E-state index in [1.54, 1.807) is 30.0 Å². The molecule has 0 N–H and O–H groups in total. The number of nitrogens with zero attached hydrogens (tertiary/aromatic N) is 4. The minimum atomic E-state index is -0.00678. The van der Waals surface area contributed by atoms with Crippen LogP contribution in [0.15, 0.2) is 41.5 Å². The molecule has 0 radical (unpaired) electrons. The summed E-state index contributed by atoms with van der Waals surface area (Å²) in [6.07, 6.45) is 7.91. The third kappa shape index (κ3) is 5.37. The highest BCUT2D eigenvalue weighted by atomic mass is 35.5. The van der Waals surface area contributed by atoms with E-state index in [9.17, 15) is 4.79 Å². The highest BCUT2D eigenvalue weighted by molar-refractivity contribution is 6.41. The second-order valence-corrected chi connectivity index (χ2v) is 8.81. The fourth-order valence-electron chi connectivity index (χ4n) is 4.20. The number of rotatable bonds is 7. The molecule has 3 aromatic rings. The first-order valence-electron chi connectivity index (χ1n) is 10.6. The normalized spacial score (nSPS) is 15.5. The number of likely N-dealkylation sites (tertiary alicyclic amines) is 1. The molecule has 164 valence electrons. The summed E-state index contributed by atoms with van der Waals surface area (Å²) in [5.74, 6) is 1.35. The van der Waals surface area contributed by atoms with Crippen LogP contribution in [0.3, 0.4) is 0 Å². The van der Waals surface area contributed by atoms with E-state index in [0.29, 0.717) is 28.4 Å². The number of pyridine rings is 3. The minimum Gasteiger partial charge on any atom is -0.495 e. The molecule has 8 heteroatoms. The average Bonchev–Trinajstić information content (AvgIpc) is 2.79. The van der Waals surface area contributed by atoms with Gasteiger partial charge in [0.15, 0.2) is 0 Å². The monoisotopic (exact) mass is 460 g/mol. The number of ether oxygens (including phenoxy) is 1. The molecule has 4 rings (SSSR count). The van der Waals surface area contributed by atoms with Crippen LogP contribution in [-0.4, -0.2) is 46.2 Å². The van der Waals surface area contributed by atoms with Gasteiger partial charge in [0.05, 0.1) is 29.4 Å². The Kier molecular flexibility index (Phi) is 7.10. The molecule has 4 heterocycles. The number of methoxy groups -OCH3 is 1. The zero-order chi connectivity index (χ0) is 21.8. The van der Waals surface area contributed by atoms with Gasteiger partial charge in [0.2, 0.25) is 0 Å². The molecule has 0 unspecified atom stereocenters. The Bertz CT molecular complexity index is 1110. The molecule has 3 aromatic heterocycles. The van der Waals surface area contributed by atoms with Crippen LogP contribution in [0.4, 0.5) is 0 Å². The Morgan fingerprint density at radius 2 is 1.90 bits per heavy atom. The van der Waals surface area contributed by atoms with Crippen molar-refractivity contribution < 1.29 is 4.74 Å². The Morgan fingerprint density at radius 3 is 2.65 bits per heavy atom. The van der Waals surface area contributed by atoms with E-state index in [1.165, 1.54) is 0 Å². The van der Waals surface area contributed by atoms with Crippen molar-refractivity contribution in [1.82, 2.24) is 19.4 Å². The molecule has 0 spiro atoms. The van der Waals surface area contributed by atoms with E-state index in [-0.39, 0.29) is 5.56 Å². The van der Waals surface area contributed by atoms with Gasteiger partial charge in [0.25, 0.3) is 5.56 Å². The van der Waals surface area contributed by atoms with Gasteiger partial charge in [-0.3, -0.25) is 9.78 Å². The van der Waals surface area contributed by atoms with Crippen LogP contribution in [0, 0.1) is 5.92 Å². The third-order valence-corrected chi connectivity index (χ3v) is 6.78. The molecule has 0 aromatic carbocycles. The van der Waals surface area contributed by atoms with Gasteiger partial charge in [-0.05, 0) is 62.4 Å². The third-order valence-electron chi connectivity index (χ3n) is 6.09. The van der Waals surface area contributed by atoms with Gasteiger partial charge < -0.3 is 14.2 Å². The molecule has 0 amide bonds. The fraction of sp³-hybridized carbons (Fsp3) is 0.435. The summed E-state index contributed by atoms with van der Waals surface area (Å²) in [7, 11) is 1.61. The van der Waals surface area contributed by atoms with Gasteiger partial charge in [-0.15, -0.1) is 0 Å². The molecule has 0 aliphatic carbocycles. The maximum atomic E-state index is 12.5. The van der Waals surface area contributed by atoms with Crippen LogP contribution in [0.1, 0.15) is 24.8 Å². The Morgan fingerprint density at radius 1 is 1.10 bits per heavy atom. The topological polar surface area (TPSA) is 60.2 Å². The summed E-state index contributed by atoms with van der Waals surface area (Å²) >= 11 is 12.0. The zero-order valence-corrected chi connectivity index (χ0v) is 19.1. The lowest BCUT2D eigenvalue weighted by Crippen LogP contribution is -2.37. The zero-order valence-electron chi connectivity index (χ0n) is 17.6. The second-order valence-electron chi connectivity index (χ2n) is 8.04. The molecule has 0 saturated carbocycles. The molecule has 0 atom stereocenters. The number of halogens is 2. The van der Waals surface area contributed by atoms with Crippen molar-refractivity contribution in [3.05, 3.63) is 62.8 Å².